The van der Waals surface area contributed by atoms with Crippen LogP contribution in [0.2, 0.25) is 0 Å². The van der Waals surface area contributed by atoms with Gasteiger partial charge in [-0.2, -0.15) is 0 Å². The van der Waals surface area contributed by atoms with Crippen molar-refractivity contribution in [3.63, 3.8) is 0 Å². The Morgan fingerprint density at radius 2 is 1.91 bits per heavy atom. The first kappa shape index (κ1) is 14.8. The number of nitrogens with zero attached hydrogens (tertiary/aromatic N) is 4. The monoisotopic (exact) mass is 316 g/mol. The molecule has 3 heterocycles. The molecule has 0 radical (unpaired) electrons. The zero-order valence-electron chi connectivity index (χ0n) is 13.3. The second-order valence-electron chi connectivity index (χ2n) is 6.70. The van der Waals surface area contributed by atoms with E-state index in [2.05, 4.69) is 25.7 Å². The smallest absolute Gasteiger partial charge is 0.241 e. The topological polar surface area (TPSA) is 73.4 Å². The highest BCUT2D eigenvalue weighted by molar-refractivity contribution is 5.83. The normalized spacial score (nSPS) is 31.0. The van der Waals surface area contributed by atoms with E-state index in [1.54, 1.807) is 18.6 Å². The van der Waals surface area contributed by atoms with Gasteiger partial charge in [0, 0.05) is 50.5 Å². The summed E-state index contributed by atoms with van der Waals surface area (Å²) in [6, 6.07) is 0.418. The lowest BCUT2D eigenvalue weighted by Gasteiger charge is -2.37. The number of hydrazine groups is 1. The molecule has 0 bridgehead atoms. The van der Waals surface area contributed by atoms with E-state index in [1.807, 2.05) is 4.90 Å². The van der Waals surface area contributed by atoms with Crippen molar-refractivity contribution < 1.29 is 4.79 Å². The molecule has 7 heteroatoms. The third-order valence-electron chi connectivity index (χ3n) is 5.40. The van der Waals surface area contributed by atoms with Crippen LogP contribution in [0.3, 0.4) is 0 Å². The molecule has 4 rings (SSSR count). The van der Waals surface area contributed by atoms with Crippen molar-refractivity contribution >= 4 is 11.7 Å². The summed E-state index contributed by atoms with van der Waals surface area (Å²) >= 11 is 0. The summed E-state index contributed by atoms with van der Waals surface area (Å²) in [6.45, 7) is 3.15. The summed E-state index contributed by atoms with van der Waals surface area (Å²) < 4.78 is 0. The highest BCUT2D eigenvalue weighted by Crippen LogP contribution is 2.31. The number of piperazine rings is 1. The van der Waals surface area contributed by atoms with E-state index in [1.165, 1.54) is 19.3 Å². The molecule has 3 aliphatic rings. The minimum Gasteiger partial charge on any atom is -0.352 e. The van der Waals surface area contributed by atoms with E-state index in [9.17, 15) is 4.79 Å². The molecule has 23 heavy (non-hydrogen) atoms. The Balaban J connectivity index is 1.36. The van der Waals surface area contributed by atoms with Crippen LogP contribution in [0.1, 0.15) is 25.7 Å². The van der Waals surface area contributed by atoms with Crippen LogP contribution in [0.15, 0.2) is 18.6 Å². The SMILES string of the molecule is O=C(C1NNC2CCCCC21)N1CCN(c2cnccn2)CC1. The van der Waals surface area contributed by atoms with Crippen molar-refractivity contribution in [3.05, 3.63) is 18.6 Å². The first-order valence-electron chi connectivity index (χ1n) is 8.64. The molecule has 2 N–H and O–H groups in total. The molecule has 124 valence electrons. The second-order valence-corrected chi connectivity index (χ2v) is 6.70. The summed E-state index contributed by atoms with van der Waals surface area (Å²) in [5, 5.41) is 0. The number of fused-ring (bicyclic) bond motifs is 1. The van der Waals surface area contributed by atoms with Gasteiger partial charge in [0.1, 0.15) is 11.9 Å². The number of hydrogen-bond donors (Lipinski definition) is 2. The number of rotatable bonds is 2. The van der Waals surface area contributed by atoms with Crippen LogP contribution in [0, 0.1) is 5.92 Å². The number of carbonyl (C=O) groups is 1. The van der Waals surface area contributed by atoms with Gasteiger partial charge in [-0.05, 0) is 12.8 Å². The lowest BCUT2D eigenvalue weighted by Crippen LogP contribution is -2.55. The van der Waals surface area contributed by atoms with Gasteiger partial charge in [-0.25, -0.2) is 10.4 Å². The molecular formula is C16H24N6O. The summed E-state index contributed by atoms with van der Waals surface area (Å²) in [5.74, 6) is 1.60. The van der Waals surface area contributed by atoms with E-state index < -0.39 is 0 Å². The molecule has 0 spiro atoms. The number of hydrogen-bond acceptors (Lipinski definition) is 6. The highest BCUT2D eigenvalue weighted by Gasteiger charge is 2.42. The van der Waals surface area contributed by atoms with Gasteiger partial charge in [0.05, 0.1) is 6.20 Å². The van der Waals surface area contributed by atoms with Crippen molar-refractivity contribution in [2.75, 3.05) is 31.1 Å². The first-order chi connectivity index (χ1) is 11.3. The van der Waals surface area contributed by atoms with Gasteiger partial charge in [0.2, 0.25) is 5.91 Å². The van der Waals surface area contributed by atoms with E-state index in [0.717, 1.165) is 38.4 Å². The third kappa shape index (κ3) is 2.90. The maximum Gasteiger partial charge on any atom is 0.241 e. The lowest BCUT2D eigenvalue weighted by molar-refractivity contribution is -0.134. The maximum absolute atomic E-state index is 12.9. The van der Waals surface area contributed by atoms with Crippen LogP contribution < -0.4 is 15.8 Å². The summed E-state index contributed by atoms with van der Waals surface area (Å²) in [6.07, 6.45) is 10.0. The minimum atomic E-state index is -0.0524. The molecule has 3 unspecified atom stereocenters. The molecule has 1 saturated carbocycles. The van der Waals surface area contributed by atoms with Crippen molar-refractivity contribution in [1.82, 2.24) is 25.7 Å². The Morgan fingerprint density at radius 1 is 1.09 bits per heavy atom. The molecule has 7 nitrogen and oxygen atoms in total. The molecule has 1 aromatic rings. The Labute approximate surface area is 136 Å². The average molecular weight is 316 g/mol. The number of carbonyl (C=O) groups excluding carboxylic acids is 1. The van der Waals surface area contributed by atoms with Crippen molar-refractivity contribution in [1.29, 1.82) is 0 Å². The predicted octanol–water partition coefficient (Wildman–Crippen LogP) is 0.160. The molecule has 3 fully saturated rings. The standard InChI is InChI=1S/C16H24N6O/c23-16(15-12-3-1-2-4-13(12)19-20-15)22-9-7-21(8-10-22)14-11-17-5-6-18-14/h5-6,11-13,15,19-20H,1-4,7-10H2. The van der Waals surface area contributed by atoms with Crippen LogP contribution in [0.4, 0.5) is 5.82 Å². The fourth-order valence-corrected chi connectivity index (χ4v) is 4.09. The maximum atomic E-state index is 12.9. The van der Waals surface area contributed by atoms with Gasteiger partial charge >= 0.3 is 0 Å². The number of amides is 1. The van der Waals surface area contributed by atoms with Gasteiger partial charge in [0.25, 0.3) is 0 Å². The summed E-state index contributed by atoms with van der Waals surface area (Å²) in [4.78, 5) is 25.5. The van der Waals surface area contributed by atoms with Gasteiger partial charge < -0.3 is 9.80 Å². The number of anilines is 1. The summed E-state index contributed by atoms with van der Waals surface area (Å²) in [7, 11) is 0. The average Bonchev–Trinajstić information content (AvgIpc) is 3.06. The molecule has 2 saturated heterocycles. The largest absolute Gasteiger partial charge is 0.352 e. The van der Waals surface area contributed by atoms with Crippen LogP contribution in [0.25, 0.3) is 0 Å². The Morgan fingerprint density at radius 3 is 2.70 bits per heavy atom. The molecule has 1 aromatic heterocycles. The van der Waals surface area contributed by atoms with Gasteiger partial charge in [-0.15, -0.1) is 0 Å². The van der Waals surface area contributed by atoms with Crippen molar-refractivity contribution in [2.45, 2.75) is 37.8 Å². The quantitative estimate of drug-likeness (QED) is 0.810. The molecular weight excluding hydrogens is 292 g/mol. The van der Waals surface area contributed by atoms with E-state index in [0.29, 0.717) is 12.0 Å². The number of nitrogens with one attached hydrogen (secondary N) is 2. The van der Waals surface area contributed by atoms with E-state index >= 15 is 0 Å². The lowest BCUT2D eigenvalue weighted by atomic mass is 9.81. The van der Waals surface area contributed by atoms with Gasteiger partial charge in [0.15, 0.2) is 0 Å². The molecule has 3 atom stereocenters. The Hall–Kier alpha value is -1.73. The predicted molar refractivity (Wildman–Crippen MR) is 86.6 cm³/mol. The van der Waals surface area contributed by atoms with Crippen LogP contribution >= 0.6 is 0 Å². The zero-order valence-corrected chi connectivity index (χ0v) is 13.3. The first-order valence-corrected chi connectivity index (χ1v) is 8.64. The Bertz CT molecular complexity index is 545. The van der Waals surface area contributed by atoms with E-state index in [-0.39, 0.29) is 11.9 Å². The highest BCUT2D eigenvalue weighted by atomic mass is 16.2. The molecule has 2 aliphatic heterocycles. The molecule has 1 amide bonds. The van der Waals surface area contributed by atoms with Gasteiger partial charge in [-0.3, -0.25) is 15.2 Å². The third-order valence-corrected chi connectivity index (χ3v) is 5.40. The van der Waals surface area contributed by atoms with Crippen LogP contribution in [-0.4, -0.2) is 59.0 Å². The number of aromatic nitrogens is 2. The second kappa shape index (κ2) is 6.41. The van der Waals surface area contributed by atoms with Gasteiger partial charge in [-0.1, -0.05) is 12.8 Å². The molecule has 1 aliphatic carbocycles. The van der Waals surface area contributed by atoms with Crippen LogP contribution in [0.5, 0.6) is 0 Å². The van der Waals surface area contributed by atoms with Crippen LogP contribution in [-0.2, 0) is 4.79 Å². The molecule has 0 aromatic carbocycles. The van der Waals surface area contributed by atoms with E-state index in [4.69, 9.17) is 0 Å². The Kier molecular flexibility index (Phi) is 4.13. The van der Waals surface area contributed by atoms with Crippen molar-refractivity contribution in [2.24, 2.45) is 5.92 Å². The zero-order chi connectivity index (χ0) is 15.6. The minimum absolute atomic E-state index is 0.0524. The fraction of sp³-hybridized carbons (Fsp3) is 0.688. The fourth-order valence-electron chi connectivity index (χ4n) is 4.09. The van der Waals surface area contributed by atoms with Crippen molar-refractivity contribution in [3.8, 4) is 0 Å². The summed E-state index contributed by atoms with van der Waals surface area (Å²) in [5.41, 5.74) is 6.60.